The fourth-order valence-electron chi connectivity index (χ4n) is 2.18. The van der Waals surface area contributed by atoms with Crippen molar-refractivity contribution in [3.8, 4) is 0 Å². The largest absolute Gasteiger partial charge is 0.370 e. The summed E-state index contributed by atoms with van der Waals surface area (Å²) in [7, 11) is -3.42. The lowest BCUT2D eigenvalue weighted by Crippen LogP contribution is -2.24. The molecule has 6 nitrogen and oxygen atoms in total. The lowest BCUT2D eigenvalue weighted by Gasteiger charge is -2.07. The number of carbonyl (C=O) groups excluding carboxylic acids is 1. The molecule has 1 amide bonds. The van der Waals surface area contributed by atoms with Gasteiger partial charge in [-0.05, 0) is 30.5 Å². The summed E-state index contributed by atoms with van der Waals surface area (Å²) < 4.78 is 24.5. The van der Waals surface area contributed by atoms with Crippen LogP contribution in [0.2, 0.25) is 0 Å². The summed E-state index contributed by atoms with van der Waals surface area (Å²) in [6.07, 6.45) is 1.63. The van der Waals surface area contributed by atoms with Crippen LogP contribution in [-0.2, 0) is 14.6 Å². The minimum absolute atomic E-state index is 0.0894. The average Bonchev–Trinajstić information content (AvgIpc) is 2.46. The number of benzene rings is 1. The minimum Gasteiger partial charge on any atom is -0.370 e. The molecule has 0 bridgehead atoms. The van der Waals surface area contributed by atoms with Crippen LogP contribution in [0, 0.1) is 6.92 Å². The first-order chi connectivity index (χ1) is 9.31. The van der Waals surface area contributed by atoms with Crippen molar-refractivity contribution >= 4 is 27.8 Å². The van der Waals surface area contributed by atoms with E-state index in [1.807, 2.05) is 0 Å². The summed E-state index contributed by atoms with van der Waals surface area (Å²) in [5, 5.41) is 0. The van der Waals surface area contributed by atoms with Crippen LogP contribution in [0.3, 0.4) is 0 Å². The number of guanidine groups is 1. The van der Waals surface area contributed by atoms with Crippen molar-refractivity contribution in [3.05, 3.63) is 34.9 Å². The number of amides is 1. The van der Waals surface area contributed by atoms with Gasteiger partial charge in [-0.15, -0.1) is 0 Å². The molecule has 0 aromatic heterocycles. The normalized spacial score (nSPS) is 16.6. The standard InChI is InChI=1S/C13H15N3O3S/c1-8-3-2-4-9-7-10(12(17)16-13(14)15)5-6-20(18,19)11(8)9/h2-4,7H,5-6H2,1H3,(H4,14,15,16,17). The number of hydrogen-bond donors (Lipinski definition) is 2. The Kier molecular flexibility index (Phi) is 3.63. The first kappa shape index (κ1) is 14.3. The molecular formula is C13H15N3O3S. The Labute approximate surface area is 117 Å². The molecule has 7 heteroatoms. The highest BCUT2D eigenvalue weighted by atomic mass is 32.2. The van der Waals surface area contributed by atoms with Gasteiger partial charge in [0.05, 0.1) is 10.6 Å². The highest BCUT2D eigenvalue weighted by Gasteiger charge is 2.25. The summed E-state index contributed by atoms with van der Waals surface area (Å²) >= 11 is 0. The Morgan fingerprint density at radius 2 is 2.00 bits per heavy atom. The van der Waals surface area contributed by atoms with E-state index < -0.39 is 15.7 Å². The molecule has 1 aliphatic heterocycles. The first-order valence-corrected chi connectivity index (χ1v) is 7.63. The third-order valence-corrected chi connectivity index (χ3v) is 4.95. The van der Waals surface area contributed by atoms with Gasteiger partial charge in [-0.3, -0.25) is 4.79 Å². The molecule has 4 N–H and O–H groups in total. The Morgan fingerprint density at radius 1 is 1.30 bits per heavy atom. The second-order valence-electron chi connectivity index (χ2n) is 4.57. The van der Waals surface area contributed by atoms with E-state index in [-0.39, 0.29) is 28.6 Å². The van der Waals surface area contributed by atoms with Crippen molar-refractivity contribution in [2.24, 2.45) is 16.5 Å². The molecule has 1 aliphatic rings. The third kappa shape index (κ3) is 2.72. The molecule has 0 saturated carbocycles. The smallest absolute Gasteiger partial charge is 0.276 e. The van der Waals surface area contributed by atoms with E-state index >= 15 is 0 Å². The average molecular weight is 293 g/mol. The van der Waals surface area contributed by atoms with Gasteiger partial charge in [0.15, 0.2) is 15.8 Å². The zero-order valence-electron chi connectivity index (χ0n) is 11.0. The van der Waals surface area contributed by atoms with Gasteiger partial charge < -0.3 is 11.5 Å². The van der Waals surface area contributed by atoms with Gasteiger partial charge in [-0.25, -0.2) is 8.42 Å². The Balaban J connectivity index is 2.59. The molecule has 0 unspecified atom stereocenters. The van der Waals surface area contributed by atoms with Crippen LogP contribution in [0.25, 0.3) is 6.08 Å². The van der Waals surface area contributed by atoms with E-state index in [9.17, 15) is 13.2 Å². The second kappa shape index (κ2) is 5.09. The summed E-state index contributed by atoms with van der Waals surface area (Å²) in [5.41, 5.74) is 11.8. The SMILES string of the molecule is Cc1cccc2c1S(=O)(=O)CCC(C(=O)N=C(N)N)=C2. The van der Waals surface area contributed by atoms with Crippen molar-refractivity contribution in [1.29, 1.82) is 0 Å². The number of carbonyl (C=O) groups is 1. The Hall–Kier alpha value is -2.15. The van der Waals surface area contributed by atoms with Crippen LogP contribution in [0.4, 0.5) is 0 Å². The summed E-state index contributed by atoms with van der Waals surface area (Å²) in [4.78, 5) is 15.6. The number of nitrogens with two attached hydrogens (primary N) is 2. The highest BCUT2D eigenvalue weighted by molar-refractivity contribution is 7.91. The number of aryl methyl sites for hydroxylation is 1. The Bertz CT molecular complexity index is 729. The first-order valence-electron chi connectivity index (χ1n) is 5.98. The molecule has 0 radical (unpaired) electrons. The lowest BCUT2D eigenvalue weighted by molar-refractivity contribution is -0.114. The van der Waals surface area contributed by atoms with Gasteiger partial charge in [-0.1, -0.05) is 18.2 Å². The van der Waals surface area contributed by atoms with Gasteiger partial charge in [-0.2, -0.15) is 4.99 Å². The van der Waals surface area contributed by atoms with Gasteiger partial charge in [0.25, 0.3) is 5.91 Å². The van der Waals surface area contributed by atoms with E-state index in [2.05, 4.69) is 4.99 Å². The maximum atomic E-state index is 12.3. The quantitative estimate of drug-likeness (QED) is 0.572. The van der Waals surface area contributed by atoms with Crippen LogP contribution in [0.15, 0.2) is 33.7 Å². The summed E-state index contributed by atoms with van der Waals surface area (Å²) in [5.74, 6) is -1.08. The number of hydrogen-bond acceptors (Lipinski definition) is 3. The molecule has 1 aromatic rings. The molecule has 2 rings (SSSR count). The van der Waals surface area contributed by atoms with E-state index in [0.29, 0.717) is 11.1 Å². The van der Waals surface area contributed by atoms with Crippen molar-refractivity contribution in [2.75, 3.05) is 5.75 Å². The summed E-state index contributed by atoms with van der Waals surface area (Å²) in [6, 6.07) is 5.13. The van der Waals surface area contributed by atoms with Gasteiger partial charge in [0, 0.05) is 5.57 Å². The van der Waals surface area contributed by atoms with Crippen LogP contribution in [-0.4, -0.2) is 26.0 Å². The molecule has 20 heavy (non-hydrogen) atoms. The molecule has 1 heterocycles. The number of fused-ring (bicyclic) bond motifs is 1. The van der Waals surface area contributed by atoms with E-state index in [1.54, 1.807) is 31.2 Å². The predicted octanol–water partition coefficient (Wildman–Crippen LogP) is 0.356. The highest BCUT2D eigenvalue weighted by Crippen LogP contribution is 2.29. The van der Waals surface area contributed by atoms with Crippen LogP contribution in [0.5, 0.6) is 0 Å². The fraction of sp³-hybridized carbons (Fsp3) is 0.231. The minimum atomic E-state index is -3.42. The number of sulfone groups is 1. The van der Waals surface area contributed by atoms with Crippen LogP contribution in [0.1, 0.15) is 17.5 Å². The van der Waals surface area contributed by atoms with Gasteiger partial charge >= 0.3 is 0 Å². The van der Waals surface area contributed by atoms with Crippen molar-refractivity contribution in [2.45, 2.75) is 18.2 Å². The van der Waals surface area contributed by atoms with Gasteiger partial charge in [0.2, 0.25) is 0 Å². The zero-order chi connectivity index (χ0) is 14.9. The molecule has 0 saturated heterocycles. The summed E-state index contributed by atoms with van der Waals surface area (Å²) in [6.45, 7) is 1.73. The Morgan fingerprint density at radius 3 is 2.65 bits per heavy atom. The number of nitrogens with zero attached hydrogens (tertiary/aromatic N) is 1. The number of aliphatic imine (C=N–C) groups is 1. The second-order valence-corrected chi connectivity index (χ2v) is 6.62. The van der Waals surface area contributed by atoms with Crippen molar-refractivity contribution < 1.29 is 13.2 Å². The van der Waals surface area contributed by atoms with Gasteiger partial charge in [0.1, 0.15) is 0 Å². The molecule has 1 aromatic carbocycles. The molecule has 0 atom stereocenters. The van der Waals surface area contributed by atoms with Crippen LogP contribution < -0.4 is 11.5 Å². The zero-order valence-corrected chi connectivity index (χ0v) is 11.8. The maximum absolute atomic E-state index is 12.3. The predicted molar refractivity (Wildman–Crippen MR) is 76.6 cm³/mol. The fourth-order valence-corrected chi connectivity index (χ4v) is 3.92. The molecule has 106 valence electrons. The molecular weight excluding hydrogens is 278 g/mol. The molecule has 0 aliphatic carbocycles. The van der Waals surface area contributed by atoms with Crippen molar-refractivity contribution in [3.63, 3.8) is 0 Å². The van der Waals surface area contributed by atoms with Crippen molar-refractivity contribution in [1.82, 2.24) is 0 Å². The molecule has 0 fully saturated rings. The maximum Gasteiger partial charge on any atom is 0.276 e. The van der Waals surface area contributed by atoms with Crippen LogP contribution >= 0.6 is 0 Å². The number of rotatable bonds is 1. The van der Waals surface area contributed by atoms with E-state index in [1.165, 1.54) is 0 Å². The monoisotopic (exact) mass is 293 g/mol. The third-order valence-electron chi connectivity index (χ3n) is 3.03. The van der Waals surface area contributed by atoms with E-state index in [4.69, 9.17) is 11.5 Å². The van der Waals surface area contributed by atoms with E-state index in [0.717, 1.165) is 0 Å². The molecule has 0 spiro atoms. The topological polar surface area (TPSA) is 116 Å². The lowest BCUT2D eigenvalue weighted by atomic mass is 10.1.